The molecule has 2 aliphatic rings. The van der Waals surface area contributed by atoms with Crippen LogP contribution >= 0.6 is 69.8 Å². The molecule has 2 aliphatic heterocycles. The highest BCUT2D eigenvalue weighted by atomic mass is 35.6. The number of phenolic OH excluding ortho intramolecular Hbond substituents is 1. The quantitative estimate of drug-likeness (QED) is 0.102. The number of ether oxygens (including phenoxy) is 1. The van der Waals surface area contributed by atoms with Crippen LogP contribution in [-0.4, -0.2) is 89.0 Å². The van der Waals surface area contributed by atoms with Gasteiger partial charge in [0.25, 0.3) is 21.5 Å². The summed E-state index contributed by atoms with van der Waals surface area (Å²) in [5.74, 6) is -6.22. The molecule has 0 aliphatic carbocycles. The van der Waals surface area contributed by atoms with Crippen molar-refractivity contribution in [3.8, 4) is 5.75 Å². The van der Waals surface area contributed by atoms with Crippen LogP contribution in [0.2, 0.25) is 0 Å². The molecule has 2 heterocycles. The second-order valence-electron chi connectivity index (χ2n) is 7.85. The summed E-state index contributed by atoms with van der Waals surface area (Å²) in [6.07, 6.45) is -1.33. The van der Waals surface area contributed by atoms with E-state index in [1.54, 1.807) is 5.32 Å². The fraction of sp³-hybridized carbons (Fsp3) is 0.286. The number of aliphatic carboxylic acids is 1. The number of alkyl halides is 5. The smallest absolute Gasteiger partial charge is 0.414 e. The maximum absolute atomic E-state index is 13.1. The third kappa shape index (κ3) is 7.87. The minimum atomic E-state index is -2.45. The van der Waals surface area contributed by atoms with Gasteiger partial charge in [-0.3, -0.25) is 24.6 Å². The Morgan fingerprint density at radius 3 is 2.46 bits per heavy atom. The molecule has 1 aromatic carbocycles. The summed E-state index contributed by atoms with van der Waals surface area (Å²) in [5.41, 5.74) is -1.04. The third-order valence-corrected chi connectivity index (χ3v) is 7.34. The molecule has 1 fully saturated rings. The lowest BCUT2D eigenvalue weighted by Gasteiger charge is -2.49. The number of phenols is 1. The number of hydrogen-bond donors (Lipinski definition) is 4. The molecule has 14 nitrogen and oxygen atoms in total. The molecular weight excluding hydrogens is 678 g/mol. The van der Waals surface area contributed by atoms with Gasteiger partial charge in [0.15, 0.2) is 5.71 Å². The largest absolute Gasteiger partial charge is 0.508 e. The normalized spacial score (nSPS) is 18.7. The van der Waals surface area contributed by atoms with Crippen LogP contribution in [0.1, 0.15) is 5.56 Å². The summed E-state index contributed by atoms with van der Waals surface area (Å²) in [4.78, 5) is 76.9. The van der Waals surface area contributed by atoms with Crippen LogP contribution in [0.4, 0.5) is 4.79 Å². The monoisotopic (exact) mass is 690 g/mol. The van der Waals surface area contributed by atoms with E-state index in [0.717, 1.165) is 22.7 Å². The van der Waals surface area contributed by atoms with E-state index in [-0.39, 0.29) is 22.6 Å². The van der Waals surface area contributed by atoms with E-state index in [1.165, 1.54) is 18.2 Å². The van der Waals surface area contributed by atoms with Crippen molar-refractivity contribution in [2.45, 2.75) is 20.0 Å². The number of nitrogens with one attached hydrogen (secondary N) is 2. The second kappa shape index (κ2) is 13.4. The van der Waals surface area contributed by atoms with Crippen molar-refractivity contribution in [1.82, 2.24) is 15.5 Å². The van der Waals surface area contributed by atoms with E-state index >= 15 is 0 Å². The number of nitrogens with zero attached hydrogens (tertiary/aromatic N) is 2. The molecule has 1 aromatic rings. The Hall–Kier alpha value is -2.95. The number of β-lactam (4-membered cyclic amide) rings is 1. The highest BCUT2D eigenvalue weighted by Crippen LogP contribution is 2.40. The number of amides is 4. The number of carbonyl (C=O) groups excluding carboxylic acids is 5. The molecular formula is C21H15Cl5N4O10S. The zero-order valence-corrected chi connectivity index (χ0v) is 24.4. The van der Waals surface area contributed by atoms with Gasteiger partial charge in [-0.25, -0.2) is 14.4 Å². The molecule has 1 saturated heterocycles. The summed E-state index contributed by atoms with van der Waals surface area (Å²) < 4.78 is 2.38. The first-order valence-corrected chi connectivity index (χ1v) is 13.8. The number of benzene rings is 1. The molecule has 4 amide bonds. The highest BCUT2D eigenvalue weighted by Gasteiger charge is 2.54. The minimum Gasteiger partial charge on any atom is -0.508 e. The molecule has 2 atom stereocenters. The fourth-order valence-corrected chi connectivity index (χ4v) is 4.91. The van der Waals surface area contributed by atoms with E-state index in [0.29, 0.717) is 0 Å². The molecule has 220 valence electrons. The lowest BCUT2D eigenvalue weighted by molar-refractivity contribution is -0.150. The summed E-state index contributed by atoms with van der Waals surface area (Å²) in [5, 5.41) is 26.1. The van der Waals surface area contributed by atoms with E-state index in [9.17, 15) is 39.0 Å². The van der Waals surface area contributed by atoms with Crippen LogP contribution < -0.4 is 10.6 Å². The Morgan fingerprint density at radius 2 is 1.88 bits per heavy atom. The topological polar surface area (TPSA) is 201 Å². The number of rotatable bonds is 8. The number of carboxylic acid groups (broad SMARTS) is 1. The van der Waals surface area contributed by atoms with Crippen molar-refractivity contribution in [2.24, 2.45) is 5.16 Å². The third-order valence-electron chi connectivity index (χ3n) is 5.13. The Bertz CT molecular complexity index is 1370. The average Bonchev–Trinajstić information content (AvgIpc) is 2.89. The number of fused-ring (bicyclic) bond motifs is 1. The summed E-state index contributed by atoms with van der Waals surface area (Å²) in [6, 6.07) is 3.90. The van der Waals surface area contributed by atoms with Crippen molar-refractivity contribution in [1.29, 1.82) is 0 Å². The molecule has 0 aromatic heterocycles. The summed E-state index contributed by atoms with van der Waals surface area (Å²) in [7, 11) is 0. The van der Waals surface area contributed by atoms with Crippen molar-refractivity contribution < 1.29 is 48.6 Å². The van der Waals surface area contributed by atoms with E-state index < -0.39 is 73.8 Å². The van der Waals surface area contributed by atoms with Gasteiger partial charge in [-0.15, -0.1) is 11.8 Å². The van der Waals surface area contributed by atoms with Gasteiger partial charge >= 0.3 is 18.0 Å². The number of imide groups is 1. The van der Waals surface area contributed by atoms with Crippen LogP contribution in [0, 0.1) is 0 Å². The Labute approximate surface area is 258 Å². The Kier molecular flexibility index (Phi) is 10.6. The Morgan fingerprint density at radius 1 is 1.20 bits per heavy atom. The van der Waals surface area contributed by atoms with Crippen LogP contribution in [0.25, 0.3) is 0 Å². The zero-order valence-electron chi connectivity index (χ0n) is 19.8. The van der Waals surface area contributed by atoms with Crippen molar-refractivity contribution in [3.63, 3.8) is 0 Å². The second-order valence-corrected chi connectivity index (χ2v) is 12.3. The predicted octanol–water partition coefficient (Wildman–Crippen LogP) is 1.80. The molecule has 4 N–H and O–H groups in total. The van der Waals surface area contributed by atoms with Crippen LogP contribution in [0.15, 0.2) is 40.7 Å². The maximum Gasteiger partial charge on any atom is 0.414 e. The fourth-order valence-electron chi connectivity index (χ4n) is 3.37. The number of halogens is 5. The first-order valence-electron chi connectivity index (χ1n) is 10.7. The number of oxime groups is 1. The van der Waals surface area contributed by atoms with Crippen molar-refractivity contribution in [3.05, 3.63) is 41.1 Å². The van der Waals surface area contributed by atoms with E-state index in [1.807, 2.05) is 0 Å². The zero-order chi connectivity index (χ0) is 30.6. The standard InChI is InChI=1S/C21H15Cl5N4O10S/c22-13(23)18(36)40-29-10(7-2-1-3-9(31)4-7)14(32)27-11-15(33)30-12(17(34)35)8(6-41-16(11)30)5-39-20(38)28-19(37)21(24,25)26/h1-4,11,13,16,31H,5-6H2,(H,27,32)(H,34,35)(H,28,37,38)/b29-10+/t11?,16-/m1/s1. The van der Waals surface area contributed by atoms with Crippen molar-refractivity contribution in [2.75, 3.05) is 12.4 Å². The van der Waals surface area contributed by atoms with Gasteiger partial charge in [-0.05, 0) is 12.1 Å². The minimum absolute atomic E-state index is 0.000938. The Balaban J connectivity index is 1.76. The van der Waals surface area contributed by atoms with Gasteiger partial charge in [0.1, 0.15) is 29.5 Å². The molecule has 0 spiro atoms. The lowest BCUT2D eigenvalue weighted by Crippen LogP contribution is -2.71. The molecule has 41 heavy (non-hydrogen) atoms. The van der Waals surface area contributed by atoms with Gasteiger partial charge < -0.3 is 25.1 Å². The maximum atomic E-state index is 13.1. The van der Waals surface area contributed by atoms with Crippen LogP contribution in [0.5, 0.6) is 5.75 Å². The van der Waals surface area contributed by atoms with Gasteiger partial charge in [0.05, 0.1) is 0 Å². The number of alkyl carbamates (subject to hydrolysis) is 1. The molecule has 0 radical (unpaired) electrons. The first kappa shape index (κ1) is 32.6. The van der Waals surface area contributed by atoms with Gasteiger partial charge in [0, 0.05) is 16.9 Å². The van der Waals surface area contributed by atoms with Crippen LogP contribution in [0.3, 0.4) is 0 Å². The first-order chi connectivity index (χ1) is 19.1. The predicted molar refractivity (Wildman–Crippen MR) is 146 cm³/mol. The molecule has 0 saturated carbocycles. The summed E-state index contributed by atoms with van der Waals surface area (Å²) in [6.45, 7) is -0.636. The van der Waals surface area contributed by atoms with Crippen LogP contribution in [-0.2, 0) is 33.5 Å². The molecule has 0 bridgehead atoms. The highest BCUT2D eigenvalue weighted by molar-refractivity contribution is 8.00. The SMILES string of the molecule is O=C(NC(=O)C(Cl)(Cl)Cl)OCC1=C(C(=O)O)N2C(=O)C(NC(=O)/C(=N/OC(=O)C(Cl)Cl)c3cccc(O)c3)[C@H]2SC1. The van der Waals surface area contributed by atoms with Crippen molar-refractivity contribution >= 4 is 111 Å². The number of aromatic hydroxyl groups is 1. The number of carboxylic acids is 1. The van der Waals surface area contributed by atoms with Gasteiger partial charge in [-0.1, -0.05) is 75.3 Å². The van der Waals surface area contributed by atoms with E-state index in [2.05, 4.69) is 15.3 Å². The average molecular weight is 693 g/mol. The molecule has 20 heteroatoms. The summed E-state index contributed by atoms with van der Waals surface area (Å²) >= 11 is 27.9. The van der Waals surface area contributed by atoms with E-state index in [4.69, 9.17) is 62.7 Å². The lowest BCUT2D eigenvalue weighted by atomic mass is 10.0. The number of hydrogen-bond acceptors (Lipinski definition) is 11. The molecule has 1 unspecified atom stereocenters. The number of thioether (sulfide) groups is 1. The van der Waals surface area contributed by atoms with Gasteiger partial charge in [-0.2, -0.15) is 0 Å². The van der Waals surface area contributed by atoms with Gasteiger partial charge in [0.2, 0.25) is 4.84 Å². The number of carbonyl (C=O) groups is 6. The molecule has 3 rings (SSSR count).